The normalized spacial score (nSPS) is 18.7. The lowest BCUT2D eigenvalue weighted by atomic mass is 9.85. The van der Waals surface area contributed by atoms with Crippen molar-refractivity contribution in [3.63, 3.8) is 0 Å². The van der Waals surface area contributed by atoms with E-state index in [4.69, 9.17) is 4.74 Å². The summed E-state index contributed by atoms with van der Waals surface area (Å²) in [4.78, 5) is 35.5. The lowest BCUT2D eigenvalue weighted by Crippen LogP contribution is -2.54. The maximum absolute atomic E-state index is 13.8. The molecule has 1 unspecified atom stereocenters. The molecule has 3 aromatic rings. The fourth-order valence-corrected chi connectivity index (χ4v) is 4.89. The van der Waals surface area contributed by atoms with Crippen LogP contribution < -0.4 is 20.7 Å². The van der Waals surface area contributed by atoms with Gasteiger partial charge in [-0.3, -0.25) is 9.59 Å². The van der Waals surface area contributed by atoms with Crippen molar-refractivity contribution in [1.29, 1.82) is 0 Å². The number of hydrogen-bond acceptors (Lipinski definition) is 7. The summed E-state index contributed by atoms with van der Waals surface area (Å²) in [5, 5.41) is 16.1. The zero-order valence-corrected chi connectivity index (χ0v) is 25.0. The first-order valence-corrected chi connectivity index (χ1v) is 14.3. The molecule has 2 amide bonds. The van der Waals surface area contributed by atoms with Gasteiger partial charge in [0.2, 0.25) is 17.4 Å². The summed E-state index contributed by atoms with van der Waals surface area (Å²) in [6.07, 6.45) is -18.3. The number of pyridine rings is 1. The molecule has 2 heterocycles. The average Bonchev–Trinajstić information content (AvgIpc) is 3.38. The van der Waals surface area contributed by atoms with Gasteiger partial charge in [0.05, 0.1) is 17.2 Å². The second kappa shape index (κ2) is 13.8. The number of nitrogens with one attached hydrogen (secondary N) is 4. The molecule has 0 saturated heterocycles. The largest absolute Gasteiger partial charge is 0.471 e. The number of aliphatic hydroxyl groups is 1. The van der Waals surface area contributed by atoms with Gasteiger partial charge in [-0.1, -0.05) is 6.07 Å². The van der Waals surface area contributed by atoms with Crippen LogP contribution >= 0.6 is 0 Å². The van der Waals surface area contributed by atoms with Crippen LogP contribution in [0.5, 0.6) is 5.88 Å². The average molecular weight is 721 g/mol. The Balaban J connectivity index is 1.60. The van der Waals surface area contributed by atoms with E-state index in [1.54, 1.807) is 5.32 Å². The molecule has 270 valence electrons. The van der Waals surface area contributed by atoms with Crippen LogP contribution in [-0.2, 0) is 17.5 Å². The van der Waals surface area contributed by atoms with E-state index in [1.165, 1.54) is 0 Å². The topological polar surface area (TPSA) is 141 Å². The molecule has 2 aromatic heterocycles. The Bertz CT molecular complexity index is 1660. The highest BCUT2D eigenvalue weighted by Gasteiger charge is 2.55. The third-order valence-corrected chi connectivity index (χ3v) is 7.64. The smallest absolute Gasteiger partial charge is 0.426 e. The summed E-state index contributed by atoms with van der Waals surface area (Å²) in [6.45, 7) is -1.76. The molecule has 1 aliphatic carbocycles. The number of H-pyrrole nitrogens is 1. The Morgan fingerprint density at radius 3 is 2.22 bits per heavy atom. The number of carbonyl (C=O) groups is 2. The van der Waals surface area contributed by atoms with Gasteiger partial charge in [0.1, 0.15) is 11.1 Å². The maximum Gasteiger partial charge on any atom is 0.426 e. The number of ether oxygens (including phenoxy) is 1. The number of hydrogen-bond donors (Lipinski definition) is 5. The van der Waals surface area contributed by atoms with Crippen LogP contribution in [0.3, 0.4) is 0 Å². The Morgan fingerprint density at radius 2 is 1.65 bits per heavy atom. The maximum atomic E-state index is 13.8. The van der Waals surface area contributed by atoms with E-state index in [2.05, 4.69) is 25.6 Å². The summed E-state index contributed by atoms with van der Waals surface area (Å²) in [6, 6.07) is 2.58. The third kappa shape index (κ3) is 8.98. The van der Waals surface area contributed by atoms with Crippen LogP contribution in [0.1, 0.15) is 54.1 Å². The van der Waals surface area contributed by atoms with Crippen molar-refractivity contribution in [2.24, 2.45) is 5.92 Å². The fraction of sp³-hybridized carbons (Fsp3) is 0.500. The van der Waals surface area contributed by atoms with Crippen molar-refractivity contribution in [3.8, 4) is 5.88 Å². The van der Waals surface area contributed by atoms with Crippen LogP contribution in [0.2, 0.25) is 0 Å². The van der Waals surface area contributed by atoms with Gasteiger partial charge >= 0.3 is 18.5 Å². The Labute approximate surface area is 268 Å². The Hall–Kier alpha value is -4.43. The van der Waals surface area contributed by atoms with Crippen LogP contribution in [0.4, 0.5) is 59.9 Å². The van der Waals surface area contributed by atoms with Gasteiger partial charge in [0, 0.05) is 12.6 Å². The van der Waals surface area contributed by atoms with Gasteiger partial charge in [0.25, 0.3) is 18.2 Å². The molecular weight excluding hydrogens is 693 g/mol. The Kier molecular flexibility index (Phi) is 10.5. The molecule has 1 saturated carbocycles. The molecule has 0 radical (unpaired) electrons. The minimum Gasteiger partial charge on any atom is -0.471 e. The minimum absolute atomic E-state index is 0.0266. The highest BCUT2D eigenvalue weighted by atomic mass is 19.4. The van der Waals surface area contributed by atoms with E-state index >= 15 is 0 Å². The summed E-state index contributed by atoms with van der Waals surface area (Å²) < 4.78 is 150. The molecule has 1 aliphatic rings. The van der Waals surface area contributed by atoms with Crippen LogP contribution in [0, 0.1) is 5.92 Å². The number of halogens is 11. The van der Waals surface area contributed by atoms with Gasteiger partial charge in [0.15, 0.2) is 12.3 Å². The van der Waals surface area contributed by atoms with E-state index in [9.17, 15) is 63.0 Å². The molecule has 0 aliphatic heterocycles. The van der Waals surface area contributed by atoms with E-state index < -0.39 is 96.1 Å². The molecule has 1 atom stereocenters. The number of carbonyl (C=O) groups excluding carboxylic acids is 2. The SMILES string of the molecule is CC(O)(C(=O)NCc1ccc(C(F)(F)F)c(Nc2nc3cc(C(=O)N[C@H]4CC[C@H](C(F)(F)F)CC4)c(OCC(F)F)nc3[nH]2)c1)C(F)(F)F. The fourth-order valence-electron chi connectivity index (χ4n) is 4.89. The number of amides is 2. The predicted octanol–water partition coefficient (Wildman–Crippen LogP) is 6.14. The molecule has 5 N–H and O–H groups in total. The number of fused-ring (bicyclic) bond motifs is 1. The zero-order chi connectivity index (χ0) is 36.5. The second-order valence-corrected chi connectivity index (χ2v) is 11.3. The van der Waals surface area contributed by atoms with Crippen molar-refractivity contribution in [3.05, 3.63) is 41.0 Å². The molecule has 10 nitrogen and oxygen atoms in total. The van der Waals surface area contributed by atoms with Gasteiger partial charge in [-0.15, -0.1) is 0 Å². The molecule has 1 aromatic carbocycles. The van der Waals surface area contributed by atoms with Crippen molar-refractivity contribution in [2.45, 2.75) is 75.7 Å². The number of anilines is 2. The van der Waals surface area contributed by atoms with Crippen molar-refractivity contribution < 1.29 is 67.7 Å². The van der Waals surface area contributed by atoms with Crippen LogP contribution in [0.15, 0.2) is 24.3 Å². The Morgan fingerprint density at radius 1 is 1.00 bits per heavy atom. The van der Waals surface area contributed by atoms with Gasteiger partial charge < -0.3 is 30.8 Å². The second-order valence-electron chi connectivity index (χ2n) is 11.3. The first-order chi connectivity index (χ1) is 22.6. The van der Waals surface area contributed by atoms with Crippen LogP contribution in [-0.4, -0.2) is 68.9 Å². The highest BCUT2D eigenvalue weighted by Crippen LogP contribution is 2.39. The van der Waals surface area contributed by atoms with E-state index in [-0.39, 0.29) is 49.3 Å². The van der Waals surface area contributed by atoms with E-state index in [1.807, 2.05) is 0 Å². The highest BCUT2D eigenvalue weighted by molar-refractivity contribution is 5.99. The number of imidazole rings is 1. The number of aromatic nitrogens is 3. The van der Waals surface area contributed by atoms with E-state index in [0.29, 0.717) is 6.07 Å². The summed E-state index contributed by atoms with van der Waals surface area (Å²) in [7, 11) is 0. The van der Waals surface area contributed by atoms with Crippen molar-refractivity contribution in [1.82, 2.24) is 25.6 Å². The van der Waals surface area contributed by atoms with Gasteiger partial charge in [-0.2, -0.15) is 44.5 Å². The minimum atomic E-state index is -5.35. The van der Waals surface area contributed by atoms with Crippen molar-refractivity contribution >= 4 is 34.6 Å². The summed E-state index contributed by atoms with van der Waals surface area (Å²) >= 11 is 0. The molecule has 4 rings (SSSR count). The number of alkyl halides is 11. The van der Waals surface area contributed by atoms with Crippen LogP contribution in [0.25, 0.3) is 11.2 Å². The third-order valence-electron chi connectivity index (χ3n) is 7.64. The molecule has 21 heteroatoms. The van der Waals surface area contributed by atoms with Gasteiger partial charge in [-0.25, -0.2) is 13.8 Å². The zero-order valence-electron chi connectivity index (χ0n) is 25.0. The molecular formula is C28H27F11N6O4. The molecule has 1 fully saturated rings. The number of aromatic amines is 1. The summed E-state index contributed by atoms with van der Waals surface area (Å²) in [5.41, 5.74) is -6.78. The first kappa shape index (κ1) is 37.4. The van der Waals surface area contributed by atoms with Gasteiger partial charge in [-0.05, 0) is 56.4 Å². The van der Waals surface area contributed by atoms with E-state index in [0.717, 1.165) is 18.2 Å². The monoisotopic (exact) mass is 720 g/mol. The van der Waals surface area contributed by atoms with Crippen molar-refractivity contribution in [2.75, 3.05) is 11.9 Å². The molecule has 49 heavy (non-hydrogen) atoms. The molecule has 0 bridgehead atoms. The predicted molar refractivity (Wildman–Crippen MR) is 148 cm³/mol. The molecule has 0 spiro atoms. The lowest BCUT2D eigenvalue weighted by Gasteiger charge is -2.30. The number of rotatable bonds is 10. The summed E-state index contributed by atoms with van der Waals surface area (Å²) in [5.74, 6) is -5.41. The number of benzene rings is 1. The first-order valence-electron chi connectivity index (χ1n) is 14.3. The number of nitrogens with zero attached hydrogens (tertiary/aromatic N) is 2. The standard InChI is InChI=1S/C28H27F11N6O4/c1-25(48,28(37,38)39)23(47)40-10-12-2-7-16(27(34,35)36)17(8-12)42-24-43-18-9-15(22(44-20(18)45-24)49-11-19(29)30)21(46)41-14-5-3-13(4-6-14)26(31,32)33/h2,7-9,13-14,19,48H,3-6,10-11H2,1H3,(H,40,47)(H,41,46)(H2,42,43,44,45)/t13-,14-,25?. The quantitative estimate of drug-likeness (QED) is 0.159. The lowest BCUT2D eigenvalue weighted by molar-refractivity contribution is -0.245.